The van der Waals surface area contributed by atoms with Crippen molar-refractivity contribution in [2.24, 2.45) is 5.10 Å². The summed E-state index contributed by atoms with van der Waals surface area (Å²) in [6.07, 6.45) is 0.590. The Morgan fingerprint density at radius 3 is 2.16 bits per heavy atom. The number of rotatable bonds is 3. The van der Waals surface area contributed by atoms with Crippen molar-refractivity contribution in [2.45, 2.75) is 26.7 Å². The maximum absolute atomic E-state index is 13.1. The van der Waals surface area contributed by atoms with Crippen molar-refractivity contribution in [3.05, 3.63) is 65.2 Å². The first-order chi connectivity index (χ1) is 14.9. The van der Waals surface area contributed by atoms with Gasteiger partial charge >= 0.3 is 0 Å². The highest BCUT2D eigenvalue weighted by molar-refractivity contribution is 6.40. The number of aryl methyl sites for hydroxylation is 2. The highest BCUT2D eigenvalue weighted by Crippen LogP contribution is 2.26. The van der Waals surface area contributed by atoms with Gasteiger partial charge in [-0.3, -0.25) is 14.4 Å². The number of benzene rings is 2. The van der Waals surface area contributed by atoms with Gasteiger partial charge in [0.15, 0.2) is 0 Å². The summed E-state index contributed by atoms with van der Waals surface area (Å²) in [4.78, 5) is 41.7. The van der Waals surface area contributed by atoms with Crippen molar-refractivity contribution in [1.82, 2.24) is 9.80 Å². The summed E-state index contributed by atoms with van der Waals surface area (Å²) in [5.41, 5.74) is 3.73. The van der Waals surface area contributed by atoms with E-state index in [1.54, 1.807) is 21.9 Å². The quantitative estimate of drug-likeness (QED) is 0.769. The van der Waals surface area contributed by atoms with Crippen LogP contribution in [0.15, 0.2) is 53.6 Å². The Morgan fingerprint density at radius 2 is 1.48 bits per heavy atom. The molecule has 0 radical (unpaired) electrons. The van der Waals surface area contributed by atoms with Crippen LogP contribution in [-0.4, -0.2) is 59.4 Å². The van der Waals surface area contributed by atoms with E-state index in [-0.39, 0.29) is 24.1 Å². The van der Waals surface area contributed by atoms with E-state index in [2.05, 4.69) is 5.10 Å². The summed E-state index contributed by atoms with van der Waals surface area (Å²) in [7, 11) is 0. The van der Waals surface area contributed by atoms with Gasteiger partial charge in [0.2, 0.25) is 5.91 Å². The molecule has 7 heteroatoms. The van der Waals surface area contributed by atoms with Gasteiger partial charge in [0.25, 0.3) is 11.8 Å². The maximum Gasteiger partial charge on any atom is 0.270 e. The lowest BCUT2D eigenvalue weighted by Gasteiger charge is -2.35. The molecule has 0 bridgehead atoms. The fourth-order valence-electron chi connectivity index (χ4n) is 3.90. The second kappa shape index (κ2) is 8.71. The molecule has 0 N–H and O–H groups in total. The Hall–Kier alpha value is -3.48. The molecule has 160 valence electrons. The second-order valence-electron chi connectivity index (χ2n) is 7.99. The van der Waals surface area contributed by atoms with Crippen LogP contribution in [0, 0.1) is 13.8 Å². The second-order valence-corrected chi connectivity index (χ2v) is 7.99. The average Bonchev–Trinajstić information content (AvgIpc) is 2.81. The number of piperazine rings is 1. The third-order valence-electron chi connectivity index (χ3n) is 5.75. The molecule has 31 heavy (non-hydrogen) atoms. The smallest absolute Gasteiger partial charge is 0.270 e. The van der Waals surface area contributed by atoms with Crippen LogP contribution >= 0.6 is 0 Å². The molecule has 0 aromatic heterocycles. The fourth-order valence-corrected chi connectivity index (χ4v) is 3.90. The van der Waals surface area contributed by atoms with Gasteiger partial charge < -0.3 is 9.80 Å². The maximum atomic E-state index is 13.1. The van der Waals surface area contributed by atoms with Gasteiger partial charge in [-0.15, -0.1) is 0 Å². The molecule has 0 atom stereocenters. The molecule has 3 amide bonds. The summed E-state index contributed by atoms with van der Waals surface area (Å²) >= 11 is 0. The van der Waals surface area contributed by atoms with E-state index < -0.39 is 0 Å². The molecule has 0 spiro atoms. The first-order valence-electron chi connectivity index (χ1n) is 10.6. The number of carbonyl (C=O) groups excluding carboxylic acids is 3. The van der Waals surface area contributed by atoms with Crippen molar-refractivity contribution < 1.29 is 14.4 Å². The van der Waals surface area contributed by atoms with Crippen molar-refractivity contribution in [2.75, 3.05) is 31.2 Å². The van der Waals surface area contributed by atoms with E-state index >= 15 is 0 Å². The van der Waals surface area contributed by atoms with Crippen LogP contribution in [0.25, 0.3) is 0 Å². The third-order valence-corrected chi connectivity index (χ3v) is 5.75. The number of amides is 3. The molecule has 2 aliphatic rings. The zero-order chi connectivity index (χ0) is 22.0. The van der Waals surface area contributed by atoms with Crippen molar-refractivity contribution in [3.63, 3.8) is 0 Å². The molecule has 7 nitrogen and oxygen atoms in total. The van der Waals surface area contributed by atoms with Crippen LogP contribution < -0.4 is 5.01 Å². The summed E-state index contributed by atoms with van der Waals surface area (Å²) in [5.74, 6) is -0.285. The third kappa shape index (κ3) is 4.35. The van der Waals surface area contributed by atoms with Crippen molar-refractivity contribution in [1.29, 1.82) is 0 Å². The number of anilines is 1. The summed E-state index contributed by atoms with van der Waals surface area (Å²) in [6, 6.07) is 15.0. The predicted molar refractivity (Wildman–Crippen MR) is 119 cm³/mol. The zero-order valence-corrected chi connectivity index (χ0v) is 17.9. The van der Waals surface area contributed by atoms with Crippen LogP contribution in [0.4, 0.5) is 5.69 Å². The van der Waals surface area contributed by atoms with E-state index in [0.717, 1.165) is 11.1 Å². The SMILES string of the molecule is Cc1ccc(C)c(N2N=C(C(=O)N3CCN(C(=O)c4ccccc4)CC3)CCC2=O)c1. The average molecular weight is 418 g/mol. The summed E-state index contributed by atoms with van der Waals surface area (Å²) < 4.78 is 0. The van der Waals surface area contributed by atoms with Gasteiger partial charge in [-0.25, -0.2) is 5.01 Å². The standard InChI is InChI=1S/C24H26N4O3/c1-17-8-9-18(2)21(16-17)28-22(29)11-10-20(25-28)24(31)27-14-12-26(13-15-27)23(30)19-6-4-3-5-7-19/h3-9,16H,10-15H2,1-2H3. The molecule has 0 aliphatic carbocycles. The minimum atomic E-state index is -0.158. The first-order valence-corrected chi connectivity index (χ1v) is 10.6. The normalized spacial score (nSPS) is 16.9. The van der Waals surface area contributed by atoms with E-state index in [1.807, 2.05) is 50.2 Å². The zero-order valence-electron chi connectivity index (χ0n) is 17.9. The molecule has 2 heterocycles. The van der Waals surface area contributed by atoms with Crippen LogP contribution in [0.3, 0.4) is 0 Å². The predicted octanol–water partition coefficient (Wildman–Crippen LogP) is 2.77. The molecule has 2 aromatic carbocycles. The van der Waals surface area contributed by atoms with Gasteiger partial charge in [0.05, 0.1) is 5.69 Å². The van der Waals surface area contributed by atoms with Crippen LogP contribution in [0.2, 0.25) is 0 Å². The molecular weight excluding hydrogens is 392 g/mol. The van der Waals surface area contributed by atoms with Crippen LogP contribution in [-0.2, 0) is 9.59 Å². The highest BCUT2D eigenvalue weighted by atomic mass is 16.2. The van der Waals surface area contributed by atoms with Gasteiger partial charge in [-0.1, -0.05) is 30.3 Å². The Kier molecular flexibility index (Phi) is 5.84. The minimum absolute atomic E-state index is 0.0191. The van der Waals surface area contributed by atoms with Crippen LogP contribution in [0.1, 0.15) is 34.3 Å². The van der Waals surface area contributed by atoms with Gasteiger partial charge in [0, 0.05) is 44.6 Å². The lowest BCUT2D eigenvalue weighted by atomic mass is 10.1. The Balaban J connectivity index is 1.45. The molecule has 4 rings (SSSR count). The monoisotopic (exact) mass is 418 g/mol. The topological polar surface area (TPSA) is 73.3 Å². The molecular formula is C24H26N4O3. The molecule has 0 saturated carbocycles. The number of carbonyl (C=O) groups is 3. The Labute approximate surface area is 181 Å². The number of hydrazone groups is 1. The highest BCUT2D eigenvalue weighted by Gasteiger charge is 2.31. The molecule has 1 fully saturated rings. The van der Waals surface area contributed by atoms with E-state index in [4.69, 9.17) is 0 Å². The van der Waals surface area contributed by atoms with Crippen molar-refractivity contribution >= 4 is 29.1 Å². The summed E-state index contributed by atoms with van der Waals surface area (Å²) in [5, 5.41) is 5.81. The lowest BCUT2D eigenvalue weighted by Crippen LogP contribution is -2.53. The van der Waals surface area contributed by atoms with Gasteiger partial charge in [-0.05, 0) is 43.2 Å². The van der Waals surface area contributed by atoms with E-state index in [0.29, 0.717) is 49.6 Å². The minimum Gasteiger partial charge on any atom is -0.335 e. The van der Waals surface area contributed by atoms with E-state index in [9.17, 15) is 14.4 Å². The molecule has 2 aromatic rings. The number of hydrogen-bond acceptors (Lipinski definition) is 4. The molecule has 1 saturated heterocycles. The molecule has 2 aliphatic heterocycles. The molecule has 0 unspecified atom stereocenters. The fraction of sp³-hybridized carbons (Fsp3) is 0.333. The Bertz CT molecular complexity index is 1040. The van der Waals surface area contributed by atoms with Crippen molar-refractivity contribution in [3.8, 4) is 0 Å². The first kappa shape index (κ1) is 20.8. The van der Waals surface area contributed by atoms with Gasteiger partial charge in [-0.2, -0.15) is 5.10 Å². The Morgan fingerprint density at radius 1 is 0.839 bits per heavy atom. The lowest BCUT2D eigenvalue weighted by molar-refractivity contribution is -0.125. The summed E-state index contributed by atoms with van der Waals surface area (Å²) in [6.45, 7) is 5.75. The number of hydrogen-bond donors (Lipinski definition) is 0. The largest absolute Gasteiger partial charge is 0.335 e. The van der Waals surface area contributed by atoms with E-state index in [1.165, 1.54) is 5.01 Å². The van der Waals surface area contributed by atoms with Gasteiger partial charge in [0.1, 0.15) is 5.71 Å². The number of nitrogens with zero attached hydrogens (tertiary/aromatic N) is 4. The van der Waals surface area contributed by atoms with Crippen LogP contribution in [0.5, 0.6) is 0 Å².